The van der Waals surface area contributed by atoms with Gasteiger partial charge in [-0.05, 0) is 12.1 Å². The van der Waals surface area contributed by atoms with Crippen molar-refractivity contribution in [1.82, 2.24) is 14.8 Å². The number of nitriles is 1. The molecule has 0 saturated heterocycles. The summed E-state index contributed by atoms with van der Waals surface area (Å²) in [4.78, 5) is 16.3. The Labute approximate surface area is 129 Å². The molecule has 0 radical (unpaired) electrons. The lowest BCUT2D eigenvalue weighted by atomic mass is 10.0. The first-order chi connectivity index (χ1) is 10.1. The predicted molar refractivity (Wildman–Crippen MR) is 81.6 cm³/mol. The van der Waals surface area contributed by atoms with Crippen LogP contribution < -0.4 is 5.56 Å². The standard InChI is InChI=1S/C14H9ClN4OS/c1-19-14(20)12(15)9(7-17-19)8(6-16)13-18-10-4-2-3-5-11(10)21-13/h2-5,7-8H,1H3/t8-/m0/s1. The van der Waals surface area contributed by atoms with E-state index in [1.165, 1.54) is 24.6 Å². The molecule has 5 nitrogen and oxygen atoms in total. The Balaban J connectivity index is 2.17. The summed E-state index contributed by atoms with van der Waals surface area (Å²) >= 11 is 7.49. The molecule has 2 aromatic heterocycles. The van der Waals surface area contributed by atoms with Gasteiger partial charge in [0.05, 0.1) is 22.5 Å². The van der Waals surface area contributed by atoms with E-state index in [-0.39, 0.29) is 5.02 Å². The Hall–Kier alpha value is -2.23. The zero-order valence-electron chi connectivity index (χ0n) is 10.9. The first-order valence-corrected chi connectivity index (χ1v) is 7.28. The van der Waals surface area contributed by atoms with E-state index < -0.39 is 11.5 Å². The lowest BCUT2D eigenvalue weighted by molar-refractivity contribution is 0.698. The zero-order chi connectivity index (χ0) is 15.0. The van der Waals surface area contributed by atoms with Crippen molar-refractivity contribution in [1.29, 1.82) is 5.26 Å². The van der Waals surface area contributed by atoms with Gasteiger partial charge in [-0.3, -0.25) is 4.79 Å². The number of nitrogens with zero attached hydrogens (tertiary/aromatic N) is 4. The maximum absolute atomic E-state index is 11.9. The van der Waals surface area contributed by atoms with Crippen LogP contribution in [-0.2, 0) is 7.05 Å². The predicted octanol–water partition coefficient (Wildman–Crippen LogP) is 2.70. The van der Waals surface area contributed by atoms with Gasteiger partial charge in [-0.25, -0.2) is 9.67 Å². The Bertz CT molecular complexity index is 892. The second kappa shape index (κ2) is 5.28. The third-order valence-electron chi connectivity index (χ3n) is 3.10. The number of para-hydroxylation sites is 1. The Kier molecular flexibility index (Phi) is 3.45. The van der Waals surface area contributed by atoms with Crippen LogP contribution in [0.5, 0.6) is 0 Å². The molecule has 1 aromatic carbocycles. The summed E-state index contributed by atoms with van der Waals surface area (Å²) in [5, 5.41) is 14.0. The second-order valence-corrected chi connectivity index (χ2v) is 5.86. The van der Waals surface area contributed by atoms with Gasteiger partial charge in [-0.2, -0.15) is 10.4 Å². The van der Waals surface area contributed by atoms with Crippen LogP contribution in [0.2, 0.25) is 5.02 Å². The highest BCUT2D eigenvalue weighted by atomic mass is 35.5. The number of thiazole rings is 1. The van der Waals surface area contributed by atoms with Crippen molar-refractivity contribution in [3.05, 3.63) is 56.4 Å². The summed E-state index contributed by atoms with van der Waals surface area (Å²) in [5.41, 5.74) is 0.794. The molecule has 7 heteroatoms. The van der Waals surface area contributed by atoms with Crippen molar-refractivity contribution < 1.29 is 0 Å². The first-order valence-electron chi connectivity index (χ1n) is 6.08. The number of aryl methyl sites for hydroxylation is 1. The molecule has 1 atom stereocenters. The van der Waals surface area contributed by atoms with E-state index >= 15 is 0 Å². The van der Waals surface area contributed by atoms with E-state index in [1.807, 2.05) is 24.3 Å². The van der Waals surface area contributed by atoms with Gasteiger partial charge in [0.15, 0.2) is 0 Å². The highest BCUT2D eigenvalue weighted by molar-refractivity contribution is 7.18. The van der Waals surface area contributed by atoms with Crippen molar-refractivity contribution >= 4 is 33.2 Å². The third kappa shape index (κ3) is 2.31. The van der Waals surface area contributed by atoms with Crippen LogP contribution in [0, 0.1) is 11.3 Å². The van der Waals surface area contributed by atoms with Crippen LogP contribution in [0.4, 0.5) is 0 Å². The maximum Gasteiger partial charge on any atom is 0.285 e. The third-order valence-corrected chi connectivity index (χ3v) is 4.58. The summed E-state index contributed by atoms with van der Waals surface area (Å²) in [5.74, 6) is -0.698. The van der Waals surface area contributed by atoms with Crippen LogP contribution in [0.25, 0.3) is 10.2 Å². The van der Waals surface area contributed by atoms with Gasteiger partial charge in [0.25, 0.3) is 5.56 Å². The number of hydrogen-bond acceptors (Lipinski definition) is 5. The molecule has 3 rings (SSSR count). The minimum atomic E-state index is -0.698. The molecular formula is C14H9ClN4OS. The van der Waals surface area contributed by atoms with Crippen molar-refractivity contribution in [2.45, 2.75) is 5.92 Å². The summed E-state index contributed by atoms with van der Waals surface area (Å²) < 4.78 is 2.12. The fraction of sp³-hybridized carbons (Fsp3) is 0.143. The molecule has 0 fully saturated rings. The smallest absolute Gasteiger partial charge is 0.266 e. The van der Waals surface area contributed by atoms with Gasteiger partial charge in [-0.15, -0.1) is 11.3 Å². The number of benzene rings is 1. The first kappa shape index (κ1) is 13.7. The summed E-state index contributed by atoms with van der Waals surface area (Å²) in [6.07, 6.45) is 1.45. The Morgan fingerprint density at radius 2 is 2.19 bits per heavy atom. The van der Waals surface area contributed by atoms with Gasteiger partial charge in [-0.1, -0.05) is 23.7 Å². The molecule has 0 N–H and O–H groups in total. The molecule has 3 aromatic rings. The molecule has 0 bridgehead atoms. The summed E-state index contributed by atoms with van der Waals surface area (Å²) in [7, 11) is 1.51. The molecule has 0 amide bonds. The van der Waals surface area contributed by atoms with Gasteiger partial charge < -0.3 is 0 Å². The molecule has 0 aliphatic rings. The minimum Gasteiger partial charge on any atom is -0.266 e. The molecular weight excluding hydrogens is 308 g/mol. The van der Waals surface area contributed by atoms with E-state index in [4.69, 9.17) is 11.6 Å². The SMILES string of the molecule is Cn1ncc([C@H](C#N)c2nc3ccccc3s2)c(Cl)c1=O. The molecule has 0 aliphatic heterocycles. The van der Waals surface area contributed by atoms with Crippen LogP contribution in [0.1, 0.15) is 16.5 Å². The number of fused-ring (bicyclic) bond motifs is 1. The van der Waals surface area contributed by atoms with Crippen LogP contribution in [-0.4, -0.2) is 14.8 Å². The molecule has 2 heterocycles. The number of aromatic nitrogens is 3. The molecule has 0 unspecified atom stereocenters. The molecule has 21 heavy (non-hydrogen) atoms. The quantitative estimate of drug-likeness (QED) is 0.728. The van der Waals surface area contributed by atoms with Crippen molar-refractivity contribution in [2.24, 2.45) is 7.05 Å². The van der Waals surface area contributed by atoms with Gasteiger partial charge in [0, 0.05) is 12.6 Å². The van der Waals surface area contributed by atoms with Crippen LogP contribution >= 0.6 is 22.9 Å². The average molecular weight is 317 g/mol. The molecule has 0 saturated carbocycles. The Morgan fingerprint density at radius 1 is 1.43 bits per heavy atom. The normalized spacial score (nSPS) is 12.2. The summed E-state index contributed by atoms with van der Waals surface area (Å²) in [6.45, 7) is 0. The highest BCUT2D eigenvalue weighted by Gasteiger charge is 2.23. The fourth-order valence-corrected chi connectivity index (χ4v) is 3.31. The monoisotopic (exact) mass is 316 g/mol. The molecule has 0 aliphatic carbocycles. The van der Waals surface area contributed by atoms with E-state index in [0.717, 1.165) is 14.9 Å². The van der Waals surface area contributed by atoms with Crippen molar-refractivity contribution in [3.8, 4) is 6.07 Å². The fourth-order valence-electron chi connectivity index (χ4n) is 2.00. The molecule has 104 valence electrons. The zero-order valence-corrected chi connectivity index (χ0v) is 12.5. The minimum absolute atomic E-state index is 0.0123. The summed E-state index contributed by atoms with van der Waals surface area (Å²) in [6, 6.07) is 9.78. The number of hydrogen-bond donors (Lipinski definition) is 0. The van der Waals surface area contributed by atoms with Crippen LogP contribution in [0.15, 0.2) is 35.3 Å². The second-order valence-electron chi connectivity index (χ2n) is 4.42. The van der Waals surface area contributed by atoms with Crippen molar-refractivity contribution in [3.63, 3.8) is 0 Å². The lowest BCUT2D eigenvalue weighted by Gasteiger charge is -2.08. The highest BCUT2D eigenvalue weighted by Crippen LogP contribution is 2.32. The van der Waals surface area contributed by atoms with Crippen molar-refractivity contribution in [2.75, 3.05) is 0 Å². The average Bonchev–Trinajstić information content (AvgIpc) is 2.91. The number of halogens is 1. The van der Waals surface area contributed by atoms with E-state index in [2.05, 4.69) is 16.2 Å². The van der Waals surface area contributed by atoms with Gasteiger partial charge in [0.1, 0.15) is 15.9 Å². The Morgan fingerprint density at radius 3 is 2.90 bits per heavy atom. The number of rotatable bonds is 2. The largest absolute Gasteiger partial charge is 0.285 e. The topological polar surface area (TPSA) is 71.6 Å². The maximum atomic E-state index is 11.9. The lowest BCUT2D eigenvalue weighted by Crippen LogP contribution is -2.22. The van der Waals surface area contributed by atoms with E-state index in [1.54, 1.807) is 0 Å². The van der Waals surface area contributed by atoms with E-state index in [0.29, 0.717) is 10.6 Å². The van der Waals surface area contributed by atoms with Gasteiger partial charge >= 0.3 is 0 Å². The van der Waals surface area contributed by atoms with Gasteiger partial charge in [0.2, 0.25) is 0 Å². The molecule has 0 spiro atoms. The van der Waals surface area contributed by atoms with Crippen LogP contribution in [0.3, 0.4) is 0 Å². The van der Waals surface area contributed by atoms with E-state index in [9.17, 15) is 10.1 Å².